The molecule has 1 aromatic rings. The van der Waals surface area contributed by atoms with Gasteiger partial charge in [-0.05, 0) is 49.8 Å². The van der Waals surface area contributed by atoms with Gasteiger partial charge in [0.25, 0.3) is 0 Å². The third kappa shape index (κ3) is 9.06. The van der Waals surface area contributed by atoms with E-state index in [0.29, 0.717) is 12.1 Å². The quantitative estimate of drug-likeness (QED) is 0.216. The molecule has 0 unspecified atom stereocenters. The second kappa shape index (κ2) is 12.1. The van der Waals surface area contributed by atoms with Crippen LogP contribution in [0.5, 0.6) is 0 Å². The predicted octanol–water partition coefficient (Wildman–Crippen LogP) is 2.28. The van der Waals surface area contributed by atoms with Crippen LogP contribution in [-0.2, 0) is 11.3 Å². The topological polar surface area (TPSA) is 88.7 Å². The summed E-state index contributed by atoms with van der Waals surface area (Å²) in [5, 5.41) is 6.52. The first-order valence-corrected chi connectivity index (χ1v) is 8.67. The van der Waals surface area contributed by atoms with Gasteiger partial charge in [0, 0.05) is 31.9 Å². The van der Waals surface area contributed by atoms with Gasteiger partial charge in [-0.1, -0.05) is 12.1 Å². The largest absolute Gasteiger partial charge is 0.381 e. The summed E-state index contributed by atoms with van der Waals surface area (Å²) in [6, 6.07) is 7.25. The van der Waals surface area contributed by atoms with Gasteiger partial charge in [0.1, 0.15) is 0 Å². The first-order valence-electron chi connectivity index (χ1n) is 8.67. The number of nitrogens with two attached hydrogens (primary N) is 1. The average molecular weight is 460 g/mol. The van der Waals surface area contributed by atoms with Gasteiger partial charge >= 0.3 is 0 Å². The number of hydrogen-bond donors (Lipinski definition) is 3. The summed E-state index contributed by atoms with van der Waals surface area (Å²) in [4.78, 5) is 15.8. The molecule has 0 aliphatic heterocycles. The maximum Gasteiger partial charge on any atom is 0.248 e. The van der Waals surface area contributed by atoms with E-state index in [1.807, 2.05) is 19.1 Å². The van der Waals surface area contributed by atoms with Gasteiger partial charge in [0.15, 0.2) is 5.96 Å². The fourth-order valence-electron chi connectivity index (χ4n) is 2.25. The van der Waals surface area contributed by atoms with E-state index in [-0.39, 0.29) is 24.0 Å². The number of halogens is 1. The molecule has 0 atom stereocenters. The second-order valence-electron chi connectivity index (χ2n) is 6.06. The van der Waals surface area contributed by atoms with Crippen LogP contribution in [0.3, 0.4) is 0 Å². The van der Waals surface area contributed by atoms with Crippen LogP contribution in [0.4, 0.5) is 0 Å². The van der Waals surface area contributed by atoms with Crippen molar-refractivity contribution in [2.45, 2.75) is 32.7 Å². The van der Waals surface area contributed by atoms with Crippen molar-refractivity contribution in [2.24, 2.45) is 16.6 Å². The Labute approximate surface area is 167 Å². The lowest BCUT2D eigenvalue weighted by molar-refractivity contribution is 0.1000. The summed E-state index contributed by atoms with van der Waals surface area (Å²) in [5.74, 6) is 1.16. The van der Waals surface area contributed by atoms with E-state index in [4.69, 9.17) is 10.5 Å². The molecule has 0 spiro atoms. The average Bonchev–Trinajstić information content (AvgIpc) is 3.40. The zero-order valence-electron chi connectivity index (χ0n) is 14.8. The zero-order chi connectivity index (χ0) is 17.2. The minimum Gasteiger partial charge on any atom is -0.381 e. The number of amides is 1. The lowest BCUT2D eigenvalue weighted by Crippen LogP contribution is -2.38. The molecule has 0 saturated heterocycles. The van der Waals surface area contributed by atoms with Gasteiger partial charge in [0.2, 0.25) is 5.91 Å². The Balaban J connectivity index is 0.00000312. The van der Waals surface area contributed by atoms with Crippen LogP contribution in [-0.4, -0.2) is 38.2 Å². The molecule has 1 aromatic carbocycles. The highest BCUT2D eigenvalue weighted by Crippen LogP contribution is 2.28. The van der Waals surface area contributed by atoms with Crippen molar-refractivity contribution in [2.75, 3.05) is 26.3 Å². The number of ether oxygens (including phenoxy) is 1. The molecule has 7 heteroatoms. The van der Waals surface area contributed by atoms with Crippen molar-refractivity contribution >= 4 is 35.8 Å². The fourth-order valence-corrected chi connectivity index (χ4v) is 2.25. The SMILES string of the molecule is CCNC(=NCc1cccc(C(N)=O)c1)NCCCOCC1CC1.I. The van der Waals surface area contributed by atoms with Crippen molar-refractivity contribution in [3.8, 4) is 0 Å². The summed E-state index contributed by atoms with van der Waals surface area (Å²) < 4.78 is 5.62. The molecule has 0 bridgehead atoms. The molecule has 1 fully saturated rings. The molecular weight excluding hydrogens is 431 g/mol. The molecule has 0 aromatic heterocycles. The number of primary amides is 1. The van der Waals surface area contributed by atoms with Gasteiger partial charge in [-0.2, -0.15) is 0 Å². The Morgan fingerprint density at radius 2 is 2.16 bits per heavy atom. The van der Waals surface area contributed by atoms with Crippen molar-refractivity contribution in [1.29, 1.82) is 0 Å². The minimum absolute atomic E-state index is 0. The number of carbonyl (C=O) groups excluding carboxylic acids is 1. The maximum atomic E-state index is 11.2. The highest BCUT2D eigenvalue weighted by atomic mass is 127. The highest BCUT2D eigenvalue weighted by Gasteiger charge is 2.20. The normalized spacial score (nSPS) is 13.9. The molecule has 0 heterocycles. The van der Waals surface area contributed by atoms with E-state index in [1.54, 1.807) is 12.1 Å². The number of nitrogens with zero attached hydrogens (tertiary/aromatic N) is 1. The zero-order valence-corrected chi connectivity index (χ0v) is 17.1. The summed E-state index contributed by atoms with van der Waals surface area (Å²) in [6.45, 7) is 5.83. The molecule has 2 rings (SSSR count). The number of benzene rings is 1. The van der Waals surface area contributed by atoms with Crippen LogP contribution >= 0.6 is 24.0 Å². The lowest BCUT2D eigenvalue weighted by Gasteiger charge is -2.11. The number of hydrogen-bond acceptors (Lipinski definition) is 3. The third-order valence-electron chi connectivity index (χ3n) is 3.78. The third-order valence-corrected chi connectivity index (χ3v) is 3.78. The molecule has 4 N–H and O–H groups in total. The first-order chi connectivity index (χ1) is 11.7. The van der Waals surface area contributed by atoms with Crippen molar-refractivity contribution in [1.82, 2.24) is 10.6 Å². The van der Waals surface area contributed by atoms with E-state index >= 15 is 0 Å². The van der Waals surface area contributed by atoms with Crippen LogP contribution in [0.2, 0.25) is 0 Å². The van der Waals surface area contributed by atoms with E-state index in [1.165, 1.54) is 12.8 Å². The van der Waals surface area contributed by atoms with E-state index < -0.39 is 5.91 Å². The predicted molar refractivity (Wildman–Crippen MR) is 111 cm³/mol. The van der Waals surface area contributed by atoms with Crippen LogP contribution in [0.1, 0.15) is 42.1 Å². The molecule has 0 radical (unpaired) electrons. The standard InChI is InChI=1S/C18H28N4O2.HI/c1-2-20-18(21-9-4-10-24-13-14-7-8-14)22-12-15-5-3-6-16(11-15)17(19)23;/h3,5-6,11,14H,2,4,7-10,12-13H2,1H3,(H2,19,23)(H2,20,21,22);1H. The summed E-state index contributed by atoms with van der Waals surface area (Å²) in [6.07, 6.45) is 3.60. The molecular formula is C18H29IN4O2. The summed E-state index contributed by atoms with van der Waals surface area (Å²) in [5.41, 5.74) is 6.77. The van der Waals surface area contributed by atoms with Crippen LogP contribution in [0.25, 0.3) is 0 Å². The Hall–Kier alpha value is -1.35. The molecule has 1 aliphatic carbocycles. The number of carbonyl (C=O) groups is 1. The van der Waals surface area contributed by atoms with Gasteiger partial charge in [0.05, 0.1) is 6.54 Å². The molecule has 1 aliphatic rings. The second-order valence-corrected chi connectivity index (χ2v) is 6.06. The minimum atomic E-state index is -0.419. The van der Waals surface area contributed by atoms with Gasteiger partial charge in [-0.25, -0.2) is 4.99 Å². The molecule has 6 nitrogen and oxygen atoms in total. The first kappa shape index (κ1) is 21.7. The molecule has 1 amide bonds. The number of rotatable bonds is 10. The number of aliphatic imine (C=N–C) groups is 1. The van der Waals surface area contributed by atoms with Crippen LogP contribution < -0.4 is 16.4 Å². The lowest BCUT2D eigenvalue weighted by atomic mass is 10.1. The van der Waals surface area contributed by atoms with Gasteiger partial charge < -0.3 is 21.1 Å². The number of guanidine groups is 1. The summed E-state index contributed by atoms with van der Waals surface area (Å²) in [7, 11) is 0. The molecule has 1 saturated carbocycles. The Bertz CT molecular complexity index is 562. The Morgan fingerprint density at radius 1 is 1.36 bits per heavy atom. The van der Waals surface area contributed by atoms with Gasteiger partial charge in [-0.3, -0.25) is 4.79 Å². The fraction of sp³-hybridized carbons (Fsp3) is 0.556. The Kier molecular flexibility index (Phi) is 10.5. The van der Waals surface area contributed by atoms with E-state index in [9.17, 15) is 4.79 Å². The Morgan fingerprint density at radius 3 is 2.84 bits per heavy atom. The van der Waals surface area contributed by atoms with Crippen LogP contribution in [0, 0.1) is 5.92 Å². The molecule has 25 heavy (non-hydrogen) atoms. The van der Waals surface area contributed by atoms with E-state index in [2.05, 4.69) is 15.6 Å². The van der Waals surface area contributed by atoms with Crippen molar-refractivity contribution in [3.05, 3.63) is 35.4 Å². The van der Waals surface area contributed by atoms with Crippen molar-refractivity contribution in [3.63, 3.8) is 0 Å². The van der Waals surface area contributed by atoms with Crippen LogP contribution in [0.15, 0.2) is 29.3 Å². The van der Waals surface area contributed by atoms with E-state index in [0.717, 1.165) is 50.2 Å². The monoisotopic (exact) mass is 460 g/mol. The van der Waals surface area contributed by atoms with Crippen molar-refractivity contribution < 1.29 is 9.53 Å². The van der Waals surface area contributed by atoms with Gasteiger partial charge in [-0.15, -0.1) is 24.0 Å². The smallest absolute Gasteiger partial charge is 0.248 e. The molecule has 140 valence electrons. The maximum absolute atomic E-state index is 11.2. The number of nitrogens with one attached hydrogen (secondary N) is 2. The summed E-state index contributed by atoms with van der Waals surface area (Å²) >= 11 is 0. The highest BCUT2D eigenvalue weighted by molar-refractivity contribution is 14.0.